The normalized spacial score (nSPS) is 12.2. The second-order valence-corrected chi connectivity index (χ2v) is 8.78. The summed E-state index contributed by atoms with van der Waals surface area (Å²) < 4.78 is 5.20. The van der Waals surface area contributed by atoms with E-state index in [4.69, 9.17) is 16.3 Å². The molecule has 0 unspecified atom stereocenters. The molecule has 2 rings (SSSR count). The molecule has 1 N–H and O–H groups in total. The Morgan fingerprint density at radius 2 is 1.73 bits per heavy atom. The third-order valence-corrected chi connectivity index (χ3v) is 5.11. The molecule has 0 radical (unpaired) electrons. The highest BCUT2D eigenvalue weighted by Crippen LogP contribution is 2.19. The van der Waals surface area contributed by atoms with Crippen LogP contribution >= 0.6 is 11.6 Å². The van der Waals surface area contributed by atoms with Gasteiger partial charge in [0.15, 0.2) is 0 Å². The van der Waals surface area contributed by atoms with Crippen molar-refractivity contribution in [2.75, 3.05) is 7.11 Å². The van der Waals surface area contributed by atoms with Gasteiger partial charge in [-0.3, -0.25) is 9.59 Å². The van der Waals surface area contributed by atoms with Crippen LogP contribution in [0.5, 0.6) is 5.75 Å². The third-order valence-electron chi connectivity index (χ3n) is 4.74. The Balaban J connectivity index is 2.18. The molecule has 1 atom stereocenters. The number of benzene rings is 2. The van der Waals surface area contributed by atoms with Crippen molar-refractivity contribution in [1.29, 1.82) is 0 Å². The van der Waals surface area contributed by atoms with Crippen molar-refractivity contribution in [3.8, 4) is 5.75 Å². The van der Waals surface area contributed by atoms with Crippen LogP contribution in [0, 0.1) is 0 Å². The maximum absolute atomic E-state index is 13.1. The zero-order valence-corrected chi connectivity index (χ0v) is 19.1. The highest BCUT2D eigenvalue weighted by Gasteiger charge is 2.28. The fourth-order valence-electron chi connectivity index (χ4n) is 3.07. The van der Waals surface area contributed by atoms with Gasteiger partial charge in [0.25, 0.3) is 0 Å². The molecule has 2 aromatic rings. The molecule has 0 saturated heterocycles. The van der Waals surface area contributed by atoms with E-state index in [1.165, 1.54) is 0 Å². The predicted molar refractivity (Wildman–Crippen MR) is 121 cm³/mol. The molecule has 0 heterocycles. The lowest BCUT2D eigenvalue weighted by Crippen LogP contribution is -2.52. The average Bonchev–Trinajstić information content (AvgIpc) is 2.70. The van der Waals surface area contributed by atoms with Crippen LogP contribution in [0.15, 0.2) is 48.5 Å². The van der Waals surface area contributed by atoms with Gasteiger partial charge in [0.2, 0.25) is 11.8 Å². The monoisotopic (exact) mass is 430 g/mol. The molecule has 2 aromatic carbocycles. The first kappa shape index (κ1) is 23.7. The van der Waals surface area contributed by atoms with E-state index in [9.17, 15) is 9.59 Å². The standard InChI is InChI=1S/C24H31ClN2O3/c1-17(23(29)26-24(2,3)4)27(16-18-10-13-20(30-5)14-11-18)22(28)15-12-19-8-6-7-9-21(19)25/h6-11,13-14,17H,12,15-16H2,1-5H3,(H,26,29)/t17-/m1/s1. The van der Waals surface area contributed by atoms with Crippen molar-refractivity contribution in [2.24, 2.45) is 0 Å². The maximum Gasteiger partial charge on any atom is 0.242 e. The number of nitrogens with zero attached hydrogens (tertiary/aromatic N) is 1. The Kier molecular flexibility index (Phi) is 8.30. The molecular weight excluding hydrogens is 400 g/mol. The van der Waals surface area contributed by atoms with Crippen molar-refractivity contribution < 1.29 is 14.3 Å². The molecule has 6 heteroatoms. The molecule has 0 aliphatic heterocycles. The van der Waals surface area contributed by atoms with Crippen LogP contribution in [0.25, 0.3) is 0 Å². The smallest absolute Gasteiger partial charge is 0.242 e. The molecule has 0 aliphatic rings. The summed E-state index contributed by atoms with van der Waals surface area (Å²) in [5.74, 6) is 0.471. The minimum Gasteiger partial charge on any atom is -0.497 e. The van der Waals surface area contributed by atoms with E-state index >= 15 is 0 Å². The van der Waals surface area contributed by atoms with Gasteiger partial charge >= 0.3 is 0 Å². The average molecular weight is 431 g/mol. The number of halogens is 1. The number of carbonyl (C=O) groups is 2. The summed E-state index contributed by atoms with van der Waals surface area (Å²) in [7, 11) is 1.61. The molecule has 0 saturated carbocycles. The van der Waals surface area contributed by atoms with Gasteiger partial charge in [-0.25, -0.2) is 0 Å². The summed E-state index contributed by atoms with van der Waals surface area (Å²) in [6, 6.07) is 14.4. The Morgan fingerprint density at radius 3 is 2.30 bits per heavy atom. The molecule has 0 fully saturated rings. The van der Waals surface area contributed by atoms with Crippen molar-refractivity contribution in [1.82, 2.24) is 10.2 Å². The fourth-order valence-corrected chi connectivity index (χ4v) is 3.30. The van der Waals surface area contributed by atoms with Gasteiger partial charge in [-0.05, 0) is 63.4 Å². The van der Waals surface area contributed by atoms with Crippen molar-refractivity contribution in [3.05, 3.63) is 64.7 Å². The zero-order chi connectivity index (χ0) is 22.3. The second-order valence-electron chi connectivity index (χ2n) is 8.38. The van der Waals surface area contributed by atoms with E-state index in [1.807, 2.05) is 69.3 Å². The molecule has 0 aromatic heterocycles. The number of aryl methyl sites for hydroxylation is 1. The van der Waals surface area contributed by atoms with E-state index in [1.54, 1.807) is 18.9 Å². The van der Waals surface area contributed by atoms with Gasteiger partial charge in [0, 0.05) is 23.5 Å². The Hall–Kier alpha value is -2.53. The predicted octanol–water partition coefficient (Wildman–Crippen LogP) is 4.61. The van der Waals surface area contributed by atoms with Crippen LogP contribution in [0.4, 0.5) is 0 Å². The second kappa shape index (κ2) is 10.5. The first-order valence-electron chi connectivity index (χ1n) is 10.1. The summed E-state index contributed by atoms with van der Waals surface area (Å²) in [5, 5.41) is 3.61. The largest absolute Gasteiger partial charge is 0.497 e. The number of methoxy groups -OCH3 is 1. The van der Waals surface area contributed by atoms with E-state index in [0.717, 1.165) is 16.9 Å². The number of hydrogen-bond donors (Lipinski definition) is 1. The van der Waals surface area contributed by atoms with Crippen molar-refractivity contribution in [3.63, 3.8) is 0 Å². The number of ether oxygens (including phenoxy) is 1. The van der Waals surface area contributed by atoms with Crippen molar-refractivity contribution in [2.45, 2.75) is 58.7 Å². The van der Waals surface area contributed by atoms with Gasteiger partial charge in [0.1, 0.15) is 11.8 Å². The van der Waals surface area contributed by atoms with E-state index in [-0.39, 0.29) is 23.8 Å². The lowest BCUT2D eigenvalue weighted by atomic mass is 10.1. The number of carbonyl (C=O) groups excluding carboxylic acids is 2. The highest BCUT2D eigenvalue weighted by molar-refractivity contribution is 6.31. The minimum absolute atomic E-state index is 0.0951. The molecule has 2 amide bonds. The lowest BCUT2D eigenvalue weighted by molar-refractivity contribution is -0.141. The van der Waals surface area contributed by atoms with Crippen LogP contribution in [-0.4, -0.2) is 35.4 Å². The molecule has 0 aliphatic carbocycles. The van der Waals surface area contributed by atoms with Crippen LogP contribution in [-0.2, 0) is 22.6 Å². The van der Waals surface area contributed by atoms with E-state index < -0.39 is 6.04 Å². The van der Waals surface area contributed by atoms with E-state index in [0.29, 0.717) is 18.0 Å². The van der Waals surface area contributed by atoms with E-state index in [2.05, 4.69) is 5.32 Å². The van der Waals surface area contributed by atoms with Crippen molar-refractivity contribution >= 4 is 23.4 Å². The minimum atomic E-state index is -0.606. The Labute approximate surface area is 184 Å². The maximum atomic E-state index is 13.1. The molecule has 0 bridgehead atoms. The van der Waals surface area contributed by atoms with Crippen LogP contribution in [0.1, 0.15) is 45.2 Å². The van der Waals surface area contributed by atoms with Gasteiger partial charge in [-0.2, -0.15) is 0 Å². The van der Waals surface area contributed by atoms with Gasteiger partial charge in [-0.1, -0.05) is 41.9 Å². The highest BCUT2D eigenvalue weighted by atomic mass is 35.5. The molecular formula is C24H31ClN2O3. The first-order valence-corrected chi connectivity index (χ1v) is 10.5. The third kappa shape index (κ3) is 7.06. The Bertz CT molecular complexity index is 859. The topological polar surface area (TPSA) is 58.6 Å². The lowest BCUT2D eigenvalue weighted by Gasteiger charge is -2.31. The number of nitrogens with one attached hydrogen (secondary N) is 1. The Morgan fingerprint density at radius 1 is 1.10 bits per heavy atom. The summed E-state index contributed by atoms with van der Waals surface area (Å²) in [6.45, 7) is 7.86. The number of hydrogen-bond acceptors (Lipinski definition) is 3. The van der Waals surface area contributed by atoms with Gasteiger partial charge < -0.3 is 15.0 Å². The van der Waals surface area contributed by atoms with Crippen LogP contribution in [0.3, 0.4) is 0 Å². The van der Waals surface area contributed by atoms with Crippen LogP contribution in [0.2, 0.25) is 5.02 Å². The summed E-state index contributed by atoms with van der Waals surface area (Å²) >= 11 is 6.23. The molecule has 0 spiro atoms. The number of amides is 2. The molecule has 5 nitrogen and oxygen atoms in total. The SMILES string of the molecule is COc1ccc(CN(C(=O)CCc2ccccc2Cl)[C@H](C)C(=O)NC(C)(C)C)cc1. The fraction of sp³-hybridized carbons (Fsp3) is 0.417. The quantitative estimate of drug-likeness (QED) is 0.665. The first-order chi connectivity index (χ1) is 14.1. The van der Waals surface area contributed by atoms with Gasteiger partial charge in [0.05, 0.1) is 7.11 Å². The summed E-state index contributed by atoms with van der Waals surface area (Å²) in [5.41, 5.74) is 1.47. The van der Waals surface area contributed by atoms with Crippen LogP contribution < -0.4 is 10.1 Å². The van der Waals surface area contributed by atoms with Gasteiger partial charge in [-0.15, -0.1) is 0 Å². The summed E-state index contributed by atoms with van der Waals surface area (Å²) in [6.07, 6.45) is 0.790. The zero-order valence-electron chi connectivity index (χ0n) is 18.4. The number of rotatable bonds is 8. The molecule has 162 valence electrons. The molecule has 30 heavy (non-hydrogen) atoms. The summed E-state index contributed by atoms with van der Waals surface area (Å²) in [4.78, 5) is 27.5.